The SMILES string of the molecule is CN(C)c1ccc(C=CCc2cccc3scnc23)cc1. The first-order valence-electron chi connectivity index (χ1n) is 6.99. The van der Waals surface area contributed by atoms with Gasteiger partial charge in [-0.05, 0) is 35.7 Å². The van der Waals surface area contributed by atoms with Crippen LogP contribution in [0.1, 0.15) is 11.1 Å². The first-order valence-corrected chi connectivity index (χ1v) is 7.87. The van der Waals surface area contributed by atoms with Crippen LogP contribution in [0.3, 0.4) is 0 Å². The molecule has 0 amide bonds. The lowest BCUT2D eigenvalue weighted by Crippen LogP contribution is -2.07. The summed E-state index contributed by atoms with van der Waals surface area (Å²) in [6.07, 6.45) is 5.29. The lowest BCUT2D eigenvalue weighted by molar-refractivity contribution is 1.13. The number of anilines is 1. The Balaban J connectivity index is 1.73. The van der Waals surface area contributed by atoms with E-state index >= 15 is 0 Å². The Hall–Kier alpha value is -2.13. The van der Waals surface area contributed by atoms with Crippen LogP contribution in [0.5, 0.6) is 0 Å². The molecule has 0 unspecified atom stereocenters. The molecular weight excluding hydrogens is 276 g/mol. The zero-order valence-electron chi connectivity index (χ0n) is 12.3. The minimum absolute atomic E-state index is 0.913. The van der Waals surface area contributed by atoms with E-state index in [1.165, 1.54) is 21.5 Å². The average molecular weight is 294 g/mol. The number of hydrogen-bond acceptors (Lipinski definition) is 3. The van der Waals surface area contributed by atoms with Gasteiger partial charge >= 0.3 is 0 Å². The largest absolute Gasteiger partial charge is 0.378 e. The zero-order valence-corrected chi connectivity index (χ0v) is 13.1. The number of nitrogens with zero attached hydrogens (tertiary/aromatic N) is 2. The summed E-state index contributed by atoms with van der Waals surface area (Å²) in [6, 6.07) is 15.0. The Morgan fingerprint density at radius 1 is 1.10 bits per heavy atom. The lowest BCUT2D eigenvalue weighted by atomic mass is 10.1. The summed E-state index contributed by atoms with van der Waals surface area (Å²) in [7, 11) is 4.11. The van der Waals surface area contributed by atoms with Gasteiger partial charge in [0.25, 0.3) is 0 Å². The number of thiazole rings is 1. The Bertz CT molecular complexity index is 754. The van der Waals surface area contributed by atoms with Gasteiger partial charge in [-0.25, -0.2) is 4.98 Å². The van der Waals surface area contributed by atoms with Gasteiger partial charge in [0.15, 0.2) is 0 Å². The molecule has 2 nitrogen and oxygen atoms in total. The highest BCUT2D eigenvalue weighted by atomic mass is 32.1. The number of allylic oxidation sites excluding steroid dienone is 1. The van der Waals surface area contributed by atoms with Crippen molar-refractivity contribution in [3.8, 4) is 0 Å². The van der Waals surface area contributed by atoms with E-state index in [-0.39, 0.29) is 0 Å². The fraction of sp³-hybridized carbons (Fsp3) is 0.167. The topological polar surface area (TPSA) is 16.1 Å². The molecule has 0 aliphatic heterocycles. The minimum Gasteiger partial charge on any atom is -0.378 e. The van der Waals surface area contributed by atoms with Crippen LogP contribution in [0.25, 0.3) is 16.3 Å². The summed E-state index contributed by atoms with van der Waals surface area (Å²) in [5.74, 6) is 0. The molecule has 0 N–H and O–H groups in total. The van der Waals surface area contributed by atoms with Crippen molar-refractivity contribution in [2.45, 2.75) is 6.42 Å². The maximum atomic E-state index is 4.45. The minimum atomic E-state index is 0.913. The Kier molecular flexibility index (Phi) is 4.02. The van der Waals surface area contributed by atoms with Gasteiger partial charge in [0.2, 0.25) is 0 Å². The van der Waals surface area contributed by atoms with Crippen molar-refractivity contribution >= 4 is 33.3 Å². The third kappa shape index (κ3) is 3.14. The molecule has 1 heterocycles. The highest BCUT2D eigenvalue weighted by Crippen LogP contribution is 2.22. The highest BCUT2D eigenvalue weighted by Gasteiger charge is 2.01. The van der Waals surface area contributed by atoms with Crippen molar-refractivity contribution in [1.82, 2.24) is 4.98 Å². The molecule has 0 spiro atoms. The van der Waals surface area contributed by atoms with E-state index in [0.29, 0.717) is 0 Å². The molecule has 0 saturated carbocycles. The fourth-order valence-corrected chi connectivity index (χ4v) is 3.04. The van der Waals surface area contributed by atoms with Crippen molar-refractivity contribution in [2.24, 2.45) is 0 Å². The molecule has 0 saturated heterocycles. The van der Waals surface area contributed by atoms with E-state index < -0.39 is 0 Å². The maximum Gasteiger partial charge on any atom is 0.0847 e. The molecular formula is C18H18N2S. The van der Waals surface area contributed by atoms with Gasteiger partial charge in [0.05, 0.1) is 15.7 Å². The summed E-state index contributed by atoms with van der Waals surface area (Å²) in [5, 5.41) is 0. The normalized spacial score (nSPS) is 11.3. The molecule has 0 atom stereocenters. The second-order valence-corrected chi connectivity index (χ2v) is 6.10. The van der Waals surface area contributed by atoms with Gasteiger partial charge in [-0.15, -0.1) is 11.3 Å². The van der Waals surface area contributed by atoms with E-state index in [1.807, 2.05) is 5.51 Å². The van der Waals surface area contributed by atoms with Crippen LogP contribution in [0.15, 0.2) is 54.1 Å². The van der Waals surface area contributed by atoms with E-state index in [4.69, 9.17) is 0 Å². The van der Waals surface area contributed by atoms with Gasteiger partial charge < -0.3 is 4.90 Å². The van der Waals surface area contributed by atoms with Gasteiger partial charge in [-0.1, -0.05) is 36.4 Å². The molecule has 1 aromatic heterocycles. The molecule has 0 fully saturated rings. The summed E-state index contributed by atoms with van der Waals surface area (Å²) in [4.78, 5) is 6.56. The van der Waals surface area contributed by atoms with Gasteiger partial charge in [0.1, 0.15) is 0 Å². The van der Waals surface area contributed by atoms with Crippen LogP contribution in [-0.2, 0) is 6.42 Å². The molecule has 3 heteroatoms. The fourth-order valence-electron chi connectivity index (χ4n) is 2.32. The predicted octanol–water partition coefficient (Wildman–Crippen LogP) is 4.62. The van der Waals surface area contributed by atoms with Crippen molar-refractivity contribution < 1.29 is 0 Å². The van der Waals surface area contributed by atoms with Crippen LogP contribution in [0, 0.1) is 0 Å². The Morgan fingerprint density at radius 3 is 2.67 bits per heavy atom. The third-order valence-corrected chi connectivity index (χ3v) is 4.30. The van der Waals surface area contributed by atoms with E-state index in [0.717, 1.165) is 11.9 Å². The summed E-state index contributed by atoms with van der Waals surface area (Å²) in [5.41, 5.74) is 6.79. The van der Waals surface area contributed by atoms with Crippen LogP contribution < -0.4 is 4.90 Å². The molecule has 0 aliphatic carbocycles. The second-order valence-electron chi connectivity index (χ2n) is 5.21. The molecule has 0 radical (unpaired) electrons. The van der Waals surface area contributed by atoms with Crippen molar-refractivity contribution in [3.05, 3.63) is 65.2 Å². The van der Waals surface area contributed by atoms with Gasteiger partial charge in [-0.3, -0.25) is 0 Å². The summed E-state index contributed by atoms with van der Waals surface area (Å²) < 4.78 is 1.26. The first-order chi connectivity index (χ1) is 10.2. The van der Waals surface area contributed by atoms with Crippen LogP contribution in [0.2, 0.25) is 0 Å². The van der Waals surface area contributed by atoms with Crippen molar-refractivity contribution in [1.29, 1.82) is 0 Å². The molecule has 3 rings (SSSR count). The smallest absolute Gasteiger partial charge is 0.0847 e. The van der Waals surface area contributed by atoms with Crippen LogP contribution in [0.4, 0.5) is 5.69 Å². The Morgan fingerprint density at radius 2 is 1.90 bits per heavy atom. The first kappa shape index (κ1) is 13.8. The number of para-hydroxylation sites is 1. The average Bonchev–Trinajstić information content (AvgIpc) is 2.97. The zero-order chi connectivity index (χ0) is 14.7. The molecule has 2 aromatic carbocycles. The monoisotopic (exact) mass is 294 g/mol. The van der Waals surface area contributed by atoms with Crippen molar-refractivity contribution in [3.63, 3.8) is 0 Å². The predicted molar refractivity (Wildman–Crippen MR) is 93.1 cm³/mol. The standard InChI is InChI=1S/C18H18N2S/c1-20(2)16-11-9-14(10-12-16)5-3-6-15-7-4-8-17-18(15)19-13-21-17/h3-5,7-13H,6H2,1-2H3. The molecule has 21 heavy (non-hydrogen) atoms. The van der Waals surface area contributed by atoms with Crippen LogP contribution >= 0.6 is 11.3 Å². The van der Waals surface area contributed by atoms with Crippen LogP contribution in [-0.4, -0.2) is 19.1 Å². The number of fused-ring (bicyclic) bond motifs is 1. The maximum absolute atomic E-state index is 4.45. The Labute approximate surface area is 129 Å². The van der Waals surface area contributed by atoms with Crippen molar-refractivity contribution in [2.75, 3.05) is 19.0 Å². The number of hydrogen-bond donors (Lipinski definition) is 0. The second kappa shape index (κ2) is 6.10. The highest BCUT2D eigenvalue weighted by molar-refractivity contribution is 7.16. The van der Waals surface area contributed by atoms with E-state index in [9.17, 15) is 0 Å². The quantitative estimate of drug-likeness (QED) is 0.698. The number of aromatic nitrogens is 1. The van der Waals surface area contributed by atoms with Gasteiger partial charge in [0, 0.05) is 19.8 Å². The van der Waals surface area contributed by atoms with E-state index in [1.54, 1.807) is 11.3 Å². The molecule has 106 valence electrons. The number of benzene rings is 2. The van der Waals surface area contributed by atoms with E-state index in [2.05, 4.69) is 78.6 Å². The molecule has 0 bridgehead atoms. The number of rotatable bonds is 4. The summed E-state index contributed by atoms with van der Waals surface area (Å²) in [6.45, 7) is 0. The molecule has 3 aromatic rings. The third-order valence-electron chi connectivity index (χ3n) is 3.50. The molecule has 0 aliphatic rings. The van der Waals surface area contributed by atoms with Gasteiger partial charge in [-0.2, -0.15) is 0 Å². The summed E-state index contributed by atoms with van der Waals surface area (Å²) >= 11 is 1.70. The lowest BCUT2D eigenvalue weighted by Gasteiger charge is -2.11.